The highest BCUT2D eigenvalue weighted by molar-refractivity contribution is 5.85. The van der Waals surface area contributed by atoms with Crippen molar-refractivity contribution in [2.75, 3.05) is 32.8 Å². The van der Waals surface area contributed by atoms with E-state index in [4.69, 9.17) is 34.0 Å². The van der Waals surface area contributed by atoms with Crippen LogP contribution in [0.3, 0.4) is 0 Å². The third-order valence-corrected chi connectivity index (χ3v) is 4.38. The summed E-state index contributed by atoms with van der Waals surface area (Å²) < 4.78 is 32.1. The van der Waals surface area contributed by atoms with Crippen molar-refractivity contribution in [3.05, 3.63) is 10.4 Å². The molecule has 1 rings (SSSR count). The Hall–Kier alpha value is -3.95. The average Bonchev–Trinajstić information content (AvgIpc) is 2.80. The molecule has 0 aromatic carbocycles. The van der Waals surface area contributed by atoms with Gasteiger partial charge in [-0.3, -0.25) is 28.8 Å². The van der Waals surface area contributed by atoms with Crippen LogP contribution in [0.1, 0.15) is 27.7 Å². The molecule has 0 aromatic rings. The molecule has 0 unspecified atom stereocenters. The number of hydrogen-bond acceptors (Lipinski definition) is 13. The van der Waals surface area contributed by atoms with E-state index in [1.807, 2.05) is 0 Å². The first-order valence-electron chi connectivity index (χ1n) is 10.9. The molecular formula is C20H29N5O12. The average molecular weight is 531 g/mol. The fraction of sp³-hybridized carbons (Fsp3) is 0.700. The summed E-state index contributed by atoms with van der Waals surface area (Å²) in [5.41, 5.74) is 8.17. The van der Waals surface area contributed by atoms with E-state index >= 15 is 0 Å². The molecule has 206 valence electrons. The number of amides is 2. The van der Waals surface area contributed by atoms with E-state index < -0.39 is 86.1 Å². The highest BCUT2D eigenvalue weighted by Crippen LogP contribution is 2.29. The summed E-state index contributed by atoms with van der Waals surface area (Å²) in [6.07, 6.45) is -6.66. The van der Waals surface area contributed by atoms with Gasteiger partial charge in [-0.2, -0.15) is 0 Å². The van der Waals surface area contributed by atoms with Crippen molar-refractivity contribution in [1.82, 2.24) is 10.6 Å². The normalized spacial score (nSPS) is 22.4. The summed E-state index contributed by atoms with van der Waals surface area (Å²) in [6.45, 7) is 2.86. The predicted octanol–water partition coefficient (Wildman–Crippen LogP) is -1.37. The third kappa shape index (κ3) is 12.0. The van der Waals surface area contributed by atoms with Crippen LogP contribution in [0, 0.1) is 0 Å². The van der Waals surface area contributed by atoms with Crippen LogP contribution in [0.15, 0.2) is 5.11 Å². The Morgan fingerprint density at radius 1 is 0.838 bits per heavy atom. The van der Waals surface area contributed by atoms with Crippen molar-refractivity contribution in [1.29, 1.82) is 0 Å². The molecule has 2 amide bonds. The van der Waals surface area contributed by atoms with Crippen LogP contribution in [-0.2, 0) is 57.2 Å². The molecule has 1 saturated heterocycles. The topological polar surface area (TPSA) is 231 Å². The maximum atomic E-state index is 11.9. The molecule has 1 fully saturated rings. The number of hydrogen-bond donors (Lipinski definition) is 2. The summed E-state index contributed by atoms with van der Waals surface area (Å²) in [5, 5.41) is 7.75. The largest absolute Gasteiger partial charge is 0.463 e. The standard InChI is InChI=1S/C20H29N5O12/c1-10(26)33-9-14-17(34-11(2)27)18(35-12(3)28)19(36-13(4)29)20(37-14)32-6-5-22-15(30)7-23-16(31)8-24-25-21/h14,17-20H,5-9H2,1-4H3,(H,22,30)(H,23,31)/t14-,17+,18+,19-,20-/m1/s1. The zero-order chi connectivity index (χ0) is 28.0. The van der Waals surface area contributed by atoms with E-state index in [0.717, 1.165) is 27.7 Å². The maximum Gasteiger partial charge on any atom is 0.303 e. The Morgan fingerprint density at radius 3 is 2.00 bits per heavy atom. The van der Waals surface area contributed by atoms with Crippen LogP contribution >= 0.6 is 0 Å². The zero-order valence-electron chi connectivity index (χ0n) is 20.7. The molecule has 0 radical (unpaired) electrons. The van der Waals surface area contributed by atoms with Crippen LogP contribution in [-0.4, -0.2) is 99.2 Å². The van der Waals surface area contributed by atoms with Gasteiger partial charge in [0.25, 0.3) is 0 Å². The van der Waals surface area contributed by atoms with Gasteiger partial charge in [-0.15, -0.1) is 0 Å². The quantitative estimate of drug-likeness (QED) is 0.0700. The SMILES string of the molecule is CC(=O)OC[C@H]1O[C@@H](OCCNC(=O)CNC(=O)CN=[N+]=[N-])[C@H](OC(C)=O)[C@@H](OC(C)=O)[C@H]1OC(C)=O. The number of carbonyl (C=O) groups excluding carboxylic acids is 6. The van der Waals surface area contributed by atoms with Crippen LogP contribution in [0.4, 0.5) is 0 Å². The highest BCUT2D eigenvalue weighted by Gasteiger charge is 2.52. The van der Waals surface area contributed by atoms with E-state index in [0.29, 0.717) is 0 Å². The monoisotopic (exact) mass is 531 g/mol. The molecule has 1 aliphatic heterocycles. The van der Waals surface area contributed by atoms with Gasteiger partial charge < -0.3 is 39.1 Å². The van der Waals surface area contributed by atoms with Crippen molar-refractivity contribution < 1.29 is 57.2 Å². The van der Waals surface area contributed by atoms with Crippen molar-refractivity contribution in [2.24, 2.45) is 5.11 Å². The molecular weight excluding hydrogens is 502 g/mol. The number of nitrogens with one attached hydrogen (secondary N) is 2. The first kappa shape index (κ1) is 31.1. The molecule has 5 atom stereocenters. The summed E-state index contributed by atoms with van der Waals surface area (Å²) in [6, 6.07) is 0. The second-order valence-electron chi connectivity index (χ2n) is 7.45. The van der Waals surface area contributed by atoms with Crippen LogP contribution in [0.25, 0.3) is 10.4 Å². The van der Waals surface area contributed by atoms with Crippen molar-refractivity contribution in [2.45, 2.75) is 58.4 Å². The fourth-order valence-corrected chi connectivity index (χ4v) is 3.08. The fourth-order valence-electron chi connectivity index (χ4n) is 3.08. The minimum atomic E-state index is -1.39. The minimum absolute atomic E-state index is 0.0854. The Morgan fingerprint density at radius 2 is 1.43 bits per heavy atom. The minimum Gasteiger partial charge on any atom is -0.463 e. The first-order chi connectivity index (χ1) is 17.4. The molecule has 17 heteroatoms. The van der Waals surface area contributed by atoms with Crippen molar-refractivity contribution >= 4 is 35.7 Å². The molecule has 0 saturated carbocycles. The van der Waals surface area contributed by atoms with Gasteiger partial charge in [-0.1, -0.05) is 5.11 Å². The smallest absolute Gasteiger partial charge is 0.303 e. The zero-order valence-corrected chi connectivity index (χ0v) is 20.7. The van der Waals surface area contributed by atoms with Gasteiger partial charge >= 0.3 is 23.9 Å². The Kier molecular flexibility index (Phi) is 13.4. The van der Waals surface area contributed by atoms with Crippen molar-refractivity contribution in [3.8, 4) is 0 Å². The third-order valence-electron chi connectivity index (χ3n) is 4.38. The summed E-state index contributed by atoms with van der Waals surface area (Å²) in [5.74, 6) is -4.25. The van der Waals surface area contributed by atoms with Gasteiger partial charge in [0, 0.05) is 39.2 Å². The van der Waals surface area contributed by atoms with Gasteiger partial charge in [0.2, 0.25) is 11.8 Å². The predicted molar refractivity (Wildman–Crippen MR) is 118 cm³/mol. The lowest BCUT2D eigenvalue weighted by Gasteiger charge is -2.44. The first-order valence-corrected chi connectivity index (χ1v) is 10.9. The summed E-state index contributed by atoms with van der Waals surface area (Å²) >= 11 is 0. The van der Waals surface area contributed by atoms with E-state index in [2.05, 4.69) is 20.7 Å². The molecule has 17 nitrogen and oxygen atoms in total. The molecule has 0 aliphatic carbocycles. The Balaban J connectivity index is 2.93. The molecule has 0 bridgehead atoms. The van der Waals surface area contributed by atoms with Crippen LogP contribution < -0.4 is 10.6 Å². The molecule has 0 aromatic heterocycles. The number of azide groups is 1. The highest BCUT2D eigenvalue weighted by atomic mass is 16.7. The molecule has 0 spiro atoms. The number of rotatable bonds is 13. The van der Waals surface area contributed by atoms with Gasteiger partial charge in [-0.25, -0.2) is 0 Å². The van der Waals surface area contributed by atoms with Gasteiger partial charge in [0.15, 0.2) is 24.6 Å². The summed E-state index contributed by atoms with van der Waals surface area (Å²) in [7, 11) is 0. The van der Waals surface area contributed by atoms with E-state index in [1.165, 1.54) is 0 Å². The number of nitrogens with zero attached hydrogens (tertiary/aromatic N) is 3. The second-order valence-corrected chi connectivity index (χ2v) is 7.45. The van der Waals surface area contributed by atoms with Gasteiger partial charge in [0.1, 0.15) is 19.3 Å². The summed E-state index contributed by atoms with van der Waals surface area (Å²) in [4.78, 5) is 72.2. The van der Waals surface area contributed by atoms with E-state index in [9.17, 15) is 28.8 Å². The molecule has 2 N–H and O–H groups in total. The van der Waals surface area contributed by atoms with Crippen LogP contribution in [0.2, 0.25) is 0 Å². The number of ether oxygens (including phenoxy) is 6. The Bertz CT molecular complexity index is 906. The maximum absolute atomic E-state index is 11.9. The number of carbonyl (C=O) groups is 6. The van der Waals surface area contributed by atoms with E-state index in [1.54, 1.807) is 0 Å². The van der Waals surface area contributed by atoms with Crippen LogP contribution in [0.5, 0.6) is 0 Å². The van der Waals surface area contributed by atoms with Gasteiger partial charge in [-0.05, 0) is 5.53 Å². The lowest BCUT2D eigenvalue weighted by molar-refractivity contribution is -0.307. The molecule has 1 heterocycles. The van der Waals surface area contributed by atoms with Crippen molar-refractivity contribution in [3.63, 3.8) is 0 Å². The lowest BCUT2D eigenvalue weighted by Crippen LogP contribution is -2.63. The second kappa shape index (κ2) is 15.9. The van der Waals surface area contributed by atoms with E-state index in [-0.39, 0.29) is 13.2 Å². The molecule has 37 heavy (non-hydrogen) atoms. The molecule has 1 aliphatic rings. The lowest BCUT2D eigenvalue weighted by atomic mass is 9.98. The van der Waals surface area contributed by atoms with Gasteiger partial charge in [0.05, 0.1) is 13.2 Å². The Labute approximate surface area is 211 Å². The number of esters is 4.